The van der Waals surface area contributed by atoms with Crippen LogP contribution in [0.2, 0.25) is 5.02 Å². The maximum atomic E-state index is 11.9. The van der Waals surface area contributed by atoms with Gasteiger partial charge in [0.05, 0.1) is 12.2 Å². The van der Waals surface area contributed by atoms with E-state index in [1.807, 2.05) is 6.07 Å². The fourth-order valence-corrected chi connectivity index (χ4v) is 2.17. The number of carbonyl (C=O) groups is 1. The van der Waals surface area contributed by atoms with E-state index in [2.05, 4.69) is 5.32 Å². The average Bonchev–Trinajstić information content (AvgIpc) is 2.47. The van der Waals surface area contributed by atoms with Gasteiger partial charge in [0.1, 0.15) is 5.75 Å². The zero-order valence-electron chi connectivity index (χ0n) is 11.6. The molecular weight excluding hydrogens is 290 g/mol. The Morgan fingerprint density at radius 3 is 2.71 bits per heavy atom. The lowest BCUT2D eigenvalue weighted by atomic mass is 10.1. The Morgan fingerprint density at radius 2 is 2.00 bits per heavy atom. The Labute approximate surface area is 128 Å². The van der Waals surface area contributed by atoms with E-state index in [0.29, 0.717) is 35.0 Å². The first-order valence-corrected chi connectivity index (χ1v) is 6.97. The van der Waals surface area contributed by atoms with Crippen molar-refractivity contribution < 1.29 is 14.6 Å². The van der Waals surface area contributed by atoms with Crippen LogP contribution in [0.25, 0.3) is 0 Å². The molecule has 110 valence electrons. The van der Waals surface area contributed by atoms with Crippen molar-refractivity contribution in [1.29, 1.82) is 0 Å². The van der Waals surface area contributed by atoms with Crippen molar-refractivity contribution in [1.82, 2.24) is 0 Å². The van der Waals surface area contributed by atoms with Crippen LogP contribution in [0.15, 0.2) is 42.5 Å². The number of phenolic OH excluding ortho intramolecular Hbond substituents is 1. The molecule has 0 aromatic heterocycles. The van der Waals surface area contributed by atoms with Crippen LogP contribution in [0.3, 0.4) is 0 Å². The number of ether oxygens (including phenoxy) is 1. The third kappa shape index (κ3) is 3.67. The Bertz CT molecular complexity index is 623. The largest absolute Gasteiger partial charge is 0.508 e. The SMILES string of the molecule is CCOC(=O)c1ccccc1NCc1c(O)cccc1Cl. The normalized spacial score (nSPS) is 10.2. The van der Waals surface area contributed by atoms with Crippen LogP contribution >= 0.6 is 11.6 Å². The molecule has 0 saturated carbocycles. The van der Waals surface area contributed by atoms with Gasteiger partial charge in [0.2, 0.25) is 0 Å². The number of halogens is 1. The van der Waals surface area contributed by atoms with Gasteiger partial charge in [-0.25, -0.2) is 4.79 Å². The minimum Gasteiger partial charge on any atom is -0.508 e. The van der Waals surface area contributed by atoms with Gasteiger partial charge >= 0.3 is 5.97 Å². The summed E-state index contributed by atoms with van der Waals surface area (Å²) in [6, 6.07) is 12.0. The molecule has 2 aromatic carbocycles. The first kappa shape index (κ1) is 15.2. The molecule has 0 radical (unpaired) electrons. The lowest BCUT2D eigenvalue weighted by Crippen LogP contribution is -2.10. The Morgan fingerprint density at radius 1 is 1.24 bits per heavy atom. The van der Waals surface area contributed by atoms with E-state index in [4.69, 9.17) is 16.3 Å². The quantitative estimate of drug-likeness (QED) is 0.824. The van der Waals surface area contributed by atoms with Gasteiger partial charge in [-0.2, -0.15) is 0 Å². The van der Waals surface area contributed by atoms with Gasteiger partial charge in [0.25, 0.3) is 0 Å². The number of anilines is 1. The summed E-state index contributed by atoms with van der Waals surface area (Å²) >= 11 is 6.06. The van der Waals surface area contributed by atoms with Crippen LogP contribution in [-0.2, 0) is 11.3 Å². The van der Waals surface area contributed by atoms with Crippen molar-refractivity contribution in [3.05, 3.63) is 58.6 Å². The molecule has 0 amide bonds. The van der Waals surface area contributed by atoms with E-state index in [9.17, 15) is 9.90 Å². The maximum absolute atomic E-state index is 11.9. The molecule has 4 nitrogen and oxygen atoms in total. The smallest absolute Gasteiger partial charge is 0.340 e. The van der Waals surface area contributed by atoms with Crippen LogP contribution in [0.4, 0.5) is 5.69 Å². The third-order valence-electron chi connectivity index (χ3n) is 2.97. The molecule has 0 heterocycles. The fourth-order valence-electron chi connectivity index (χ4n) is 1.93. The minimum absolute atomic E-state index is 0.114. The summed E-state index contributed by atoms with van der Waals surface area (Å²) in [6.45, 7) is 2.39. The first-order chi connectivity index (χ1) is 10.1. The van der Waals surface area contributed by atoms with Crippen LogP contribution in [0.1, 0.15) is 22.8 Å². The molecule has 0 fully saturated rings. The van der Waals surface area contributed by atoms with Gasteiger partial charge in [-0.15, -0.1) is 0 Å². The highest BCUT2D eigenvalue weighted by Crippen LogP contribution is 2.26. The van der Waals surface area contributed by atoms with E-state index >= 15 is 0 Å². The number of carbonyl (C=O) groups excluding carboxylic acids is 1. The highest BCUT2D eigenvalue weighted by Gasteiger charge is 2.12. The molecule has 0 spiro atoms. The standard InChI is InChI=1S/C16H16ClNO3/c1-2-21-16(20)11-6-3-4-8-14(11)18-10-12-13(17)7-5-9-15(12)19/h3-9,18-19H,2,10H2,1H3. The third-order valence-corrected chi connectivity index (χ3v) is 3.33. The molecular formula is C16H16ClNO3. The van der Waals surface area contributed by atoms with Crippen molar-refractivity contribution in [2.45, 2.75) is 13.5 Å². The molecule has 0 aliphatic rings. The van der Waals surface area contributed by atoms with Crippen LogP contribution in [0.5, 0.6) is 5.75 Å². The monoisotopic (exact) mass is 305 g/mol. The van der Waals surface area contributed by atoms with Crippen LogP contribution in [-0.4, -0.2) is 17.7 Å². The maximum Gasteiger partial charge on any atom is 0.340 e. The molecule has 0 bridgehead atoms. The molecule has 2 N–H and O–H groups in total. The van der Waals surface area contributed by atoms with Crippen LogP contribution in [0, 0.1) is 0 Å². The number of nitrogens with one attached hydrogen (secondary N) is 1. The lowest BCUT2D eigenvalue weighted by molar-refractivity contribution is 0.0527. The average molecular weight is 306 g/mol. The van der Waals surface area contributed by atoms with E-state index in [0.717, 1.165) is 0 Å². The molecule has 2 rings (SSSR count). The molecule has 21 heavy (non-hydrogen) atoms. The van der Waals surface area contributed by atoms with E-state index in [1.54, 1.807) is 43.3 Å². The highest BCUT2D eigenvalue weighted by molar-refractivity contribution is 6.31. The van der Waals surface area contributed by atoms with E-state index in [1.165, 1.54) is 0 Å². The summed E-state index contributed by atoms with van der Waals surface area (Å²) in [5.74, 6) is -0.271. The number of benzene rings is 2. The van der Waals surface area contributed by atoms with Crippen molar-refractivity contribution in [3.63, 3.8) is 0 Å². The zero-order valence-corrected chi connectivity index (χ0v) is 12.4. The van der Waals surface area contributed by atoms with E-state index < -0.39 is 0 Å². The van der Waals surface area contributed by atoms with Gasteiger partial charge in [-0.1, -0.05) is 29.8 Å². The number of esters is 1. The number of hydrogen-bond acceptors (Lipinski definition) is 4. The van der Waals surface area contributed by atoms with Gasteiger partial charge < -0.3 is 15.2 Å². The van der Waals surface area contributed by atoms with Gasteiger partial charge in [0.15, 0.2) is 0 Å². The van der Waals surface area contributed by atoms with Crippen molar-refractivity contribution >= 4 is 23.3 Å². The van der Waals surface area contributed by atoms with Crippen molar-refractivity contribution in [2.24, 2.45) is 0 Å². The van der Waals surface area contributed by atoms with Gasteiger partial charge in [0, 0.05) is 22.8 Å². The number of hydrogen-bond donors (Lipinski definition) is 2. The molecule has 2 aromatic rings. The fraction of sp³-hybridized carbons (Fsp3) is 0.188. The summed E-state index contributed by atoms with van der Waals surface area (Å²) in [5, 5.41) is 13.4. The van der Waals surface area contributed by atoms with Crippen LogP contribution < -0.4 is 5.32 Å². The first-order valence-electron chi connectivity index (χ1n) is 6.60. The predicted molar refractivity (Wildman–Crippen MR) is 82.8 cm³/mol. The Kier molecular flexibility index (Phi) is 5.06. The van der Waals surface area contributed by atoms with Crippen molar-refractivity contribution in [3.8, 4) is 5.75 Å². The summed E-state index contributed by atoms with van der Waals surface area (Å²) in [6.07, 6.45) is 0. The second-order valence-electron chi connectivity index (χ2n) is 4.36. The summed E-state index contributed by atoms with van der Waals surface area (Å²) < 4.78 is 5.01. The molecule has 5 heteroatoms. The topological polar surface area (TPSA) is 58.6 Å². The number of para-hydroxylation sites is 1. The second kappa shape index (κ2) is 6.99. The second-order valence-corrected chi connectivity index (χ2v) is 4.76. The lowest BCUT2D eigenvalue weighted by Gasteiger charge is -2.13. The Balaban J connectivity index is 2.19. The van der Waals surface area contributed by atoms with Crippen molar-refractivity contribution in [2.75, 3.05) is 11.9 Å². The number of rotatable bonds is 5. The molecule has 0 unspecified atom stereocenters. The molecule has 0 atom stereocenters. The number of aromatic hydroxyl groups is 1. The molecule has 0 saturated heterocycles. The molecule has 0 aliphatic carbocycles. The predicted octanol–water partition coefficient (Wildman–Crippen LogP) is 3.83. The summed E-state index contributed by atoms with van der Waals surface area (Å²) in [5.41, 5.74) is 1.67. The molecule has 0 aliphatic heterocycles. The summed E-state index contributed by atoms with van der Waals surface area (Å²) in [4.78, 5) is 11.9. The van der Waals surface area contributed by atoms with Gasteiger partial charge in [-0.05, 0) is 31.2 Å². The van der Waals surface area contributed by atoms with E-state index in [-0.39, 0.29) is 11.7 Å². The number of phenols is 1. The Hall–Kier alpha value is -2.20. The summed E-state index contributed by atoms with van der Waals surface area (Å²) in [7, 11) is 0. The highest BCUT2D eigenvalue weighted by atomic mass is 35.5. The zero-order chi connectivity index (χ0) is 15.2. The minimum atomic E-state index is -0.385. The van der Waals surface area contributed by atoms with Gasteiger partial charge in [-0.3, -0.25) is 0 Å².